The topological polar surface area (TPSA) is 77.8 Å². The number of carboxylic acid groups (broad SMARTS) is 1. The van der Waals surface area contributed by atoms with Crippen molar-refractivity contribution in [3.8, 4) is 5.75 Å². The second-order valence-electron chi connectivity index (χ2n) is 6.00. The molecule has 1 fully saturated rings. The lowest BCUT2D eigenvalue weighted by Gasteiger charge is -2.44. The number of likely N-dealkylation sites (tertiary alicyclic amines) is 1. The molecule has 0 radical (unpaired) electrons. The number of hydrogen-bond donors (Lipinski definition) is 2. The maximum atomic E-state index is 12.6. The van der Waals surface area contributed by atoms with Crippen LogP contribution in [-0.4, -0.2) is 39.6 Å². The summed E-state index contributed by atoms with van der Waals surface area (Å²) in [5.74, 6) is -1.39. The first-order chi connectivity index (χ1) is 9.74. The Hall–Kier alpha value is -1.56. The van der Waals surface area contributed by atoms with Gasteiger partial charge in [0.1, 0.15) is 11.8 Å². The van der Waals surface area contributed by atoms with E-state index in [2.05, 4.69) is 15.9 Å². The first kappa shape index (κ1) is 15.8. The number of aliphatic carboxylic acids is 1. The number of carbonyl (C=O) groups excluding carboxylic acids is 1. The van der Waals surface area contributed by atoms with E-state index in [9.17, 15) is 19.8 Å². The Morgan fingerprint density at radius 1 is 1.38 bits per heavy atom. The molecule has 1 heterocycles. The summed E-state index contributed by atoms with van der Waals surface area (Å²) in [5, 5.41) is 19.2. The summed E-state index contributed by atoms with van der Waals surface area (Å²) in [6.07, 6.45) is 1.53. The monoisotopic (exact) mass is 355 g/mol. The van der Waals surface area contributed by atoms with Crippen LogP contribution in [0.5, 0.6) is 5.75 Å². The first-order valence-corrected chi connectivity index (χ1v) is 7.55. The van der Waals surface area contributed by atoms with Gasteiger partial charge in [-0.05, 0) is 52.4 Å². The number of nitrogens with zero attached hydrogens (tertiary/aromatic N) is 1. The fourth-order valence-corrected chi connectivity index (χ4v) is 3.14. The van der Waals surface area contributed by atoms with E-state index < -0.39 is 17.4 Å². The third kappa shape index (κ3) is 3.05. The predicted octanol–water partition coefficient (Wildman–Crippen LogP) is 2.87. The highest BCUT2D eigenvalue weighted by molar-refractivity contribution is 9.10. The van der Waals surface area contributed by atoms with E-state index in [-0.39, 0.29) is 11.7 Å². The molecule has 0 bridgehead atoms. The number of phenols is 1. The van der Waals surface area contributed by atoms with Gasteiger partial charge >= 0.3 is 5.97 Å². The van der Waals surface area contributed by atoms with Crippen LogP contribution in [0.2, 0.25) is 0 Å². The van der Waals surface area contributed by atoms with Gasteiger partial charge in [0.05, 0.1) is 4.47 Å². The molecule has 114 valence electrons. The molecular weight excluding hydrogens is 338 g/mol. The Morgan fingerprint density at radius 2 is 2.05 bits per heavy atom. The lowest BCUT2D eigenvalue weighted by atomic mass is 9.76. The van der Waals surface area contributed by atoms with Crippen molar-refractivity contribution in [3.05, 3.63) is 28.2 Å². The molecule has 1 aliphatic heterocycles. The number of benzene rings is 1. The SMILES string of the molecule is CC1(C)CCCN(C(=O)c2ccc(Br)c(O)c2)C1C(=O)O. The van der Waals surface area contributed by atoms with Crippen molar-refractivity contribution in [1.82, 2.24) is 4.90 Å². The molecule has 0 aliphatic carbocycles. The Balaban J connectivity index is 2.35. The quantitative estimate of drug-likeness (QED) is 0.854. The second-order valence-corrected chi connectivity index (χ2v) is 6.85. The average Bonchev–Trinajstić information content (AvgIpc) is 2.39. The summed E-state index contributed by atoms with van der Waals surface area (Å²) in [5.41, 5.74) is -0.184. The molecule has 21 heavy (non-hydrogen) atoms. The van der Waals surface area contributed by atoms with Gasteiger partial charge in [-0.15, -0.1) is 0 Å². The minimum absolute atomic E-state index is 0.0380. The Morgan fingerprint density at radius 3 is 2.62 bits per heavy atom. The minimum Gasteiger partial charge on any atom is -0.507 e. The van der Waals surface area contributed by atoms with E-state index in [4.69, 9.17) is 0 Å². The lowest BCUT2D eigenvalue weighted by molar-refractivity contribution is -0.148. The summed E-state index contributed by atoms with van der Waals surface area (Å²) in [4.78, 5) is 25.6. The number of aromatic hydroxyl groups is 1. The van der Waals surface area contributed by atoms with Gasteiger partial charge in [-0.1, -0.05) is 13.8 Å². The molecule has 6 heteroatoms. The van der Waals surface area contributed by atoms with Crippen LogP contribution in [0.1, 0.15) is 37.0 Å². The van der Waals surface area contributed by atoms with Gasteiger partial charge in [0.25, 0.3) is 5.91 Å². The van der Waals surface area contributed by atoms with Gasteiger partial charge in [-0.25, -0.2) is 4.79 Å². The number of piperidine rings is 1. The highest BCUT2D eigenvalue weighted by Gasteiger charge is 2.44. The van der Waals surface area contributed by atoms with Crippen molar-refractivity contribution >= 4 is 27.8 Å². The van der Waals surface area contributed by atoms with Gasteiger partial charge in [-0.2, -0.15) is 0 Å². The largest absolute Gasteiger partial charge is 0.507 e. The average molecular weight is 356 g/mol. The fourth-order valence-electron chi connectivity index (χ4n) is 2.89. The zero-order valence-corrected chi connectivity index (χ0v) is 13.6. The van der Waals surface area contributed by atoms with Gasteiger partial charge in [0.2, 0.25) is 0 Å². The van der Waals surface area contributed by atoms with Crippen molar-refractivity contribution in [1.29, 1.82) is 0 Å². The number of hydrogen-bond acceptors (Lipinski definition) is 3. The zero-order valence-electron chi connectivity index (χ0n) is 12.0. The van der Waals surface area contributed by atoms with Crippen molar-refractivity contribution in [2.24, 2.45) is 5.41 Å². The van der Waals surface area contributed by atoms with Gasteiger partial charge in [-0.3, -0.25) is 4.79 Å². The van der Waals surface area contributed by atoms with E-state index in [1.165, 1.54) is 11.0 Å². The number of carboxylic acids is 1. The molecule has 1 aliphatic rings. The Kier molecular flexibility index (Phi) is 4.27. The Bertz CT molecular complexity index is 585. The first-order valence-electron chi connectivity index (χ1n) is 6.76. The van der Waals surface area contributed by atoms with Crippen LogP contribution in [0.25, 0.3) is 0 Å². The van der Waals surface area contributed by atoms with Crippen LogP contribution in [0.3, 0.4) is 0 Å². The van der Waals surface area contributed by atoms with Crippen LogP contribution in [0.4, 0.5) is 0 Å². The van der Waals surface area contributed by atoms with Crippen molar-refractivity contribution < 1.29 is 19.8 Å². The molecule has 2 rings (SSSR count). The minimum atomic E-state index is -0.991. The van der Waals surface area contributed by atoms with E-state index in [1.807, 2.05) is 13.8 Å². The molecule has 0 saturated carbocycles. The highest BCUT2D eigenvalue weighted by atomic mass is 79.9. The fraction of sp³-hybridized carbons (Fsp3) is 0.467. The summed E-state index contributed by atoms with van der Waals surface area (Å²) in [6, 6.07) is 3.65. The van der Waals surface area contributed by atoms with Crippen LogP contribution >= 0.6 is 15.9 Å². The maximum absolute atomic E-state index is 12.6. The number of phenolic OH excluding ortho intramolecular Hbond substituents is 1. The molecule has 0 aromatic heterocycles. The smallest absolute Gasteiger partial charge is 0.326 e. The van der Waals surface area contributed by atoms with E-state index in [0.717, 1.165) is 12.8 Å². The third-order valence-corrected chi connectivity index (χ3v) is 4.63. The molecule has 0 spiro atoms. The molecule has 1 atom stereocenters. The maximum Gasteiger partial charge on any atom is 0.326 e. The van der Waals surface area contributed by atoms with Gasteiger partial charge < -0.3 is 15.1 Å². The van der Waals surface area contributed by atoms with E-state index in [0.29, 0.717) is 16.6 Å². The molecular formula is C15H18BrNO4. The van der Waals surface area contributed by atoms with Crippen LogP contribution in [0.15, 0.2) is 22.7 Å². The molecule has 1 unspecified atom stereocenters. The van der Waals surface area contributed by atoms with Crippen molar-refractivity contribution in [2.75, 3.05) is 6.54 Å². The number of amides is 1. The summed E-state index contributed by atoms with van der Waals surface area (Å²) >= 11 is 3.16. The van der Waals surface area contributed by atoms with E-state index in [1.54, 1.807) is 12.1 Å². The molecule has 1 aromatic carbocycles. The van der Waals surface area contributed by atoms with Crippen LogP contribution in [0, 0.1) is 5.41 Å². The van der Waals surface area contributed by atoms with Crippen molar-refractivity contribution in [3.63, 3.8) is 0 Å². The number of rotatable bonds is 2. The Labute approximate surface area is 131 Å². The zero-order chi connectivity index (χ0) is 15.8. The van der Waals surface area contributed by atoms with E-state index >= 15 is 0 Å². The summed E-state index contributed by atoms with van der Waals surface area (Å²) in [6.45, 7) is 4.14. The molecule has 1 aromatic rings. The number of carbonyl (C=O) groups is 2. The van der Waals surface area contributed by atoms with Gasteiger partial charge in [0.15, 0.2) is 0 Å². The third-order valence-electron chi connectivity index (χ3n) is 3.96. The summed E-state index contributed by atoms with van der Waals surface area (Å²) in [7, 11) is 0. The highest BCUT2D eigenvalue weighted by Crippen LogP contribution is 2.36. The summed E-state index contributed by atoms with van der Waals surface area (Å²) < 4.78 is 0.493. The molecule has 1 amide bonds. The number of halogens is 1. The van der Waals surface area contributed by atoms with Crippen LogP contribution < -0.4 is 0 Å². The standard InChI is InChI=1S/C15H18BrNO4/c1-15(2)6-3-7-17(12(15)14(20)21)13(19)9-4-5-10(16)11(18)8-9/h4-5,8,12,18H,3,6-7H2,1-2H3,(H,20,21). The predicted molar refractivity (Wildman–Crippen MR) is 81.3 cm³/mol. The van der Waals surface area contributed by atoms with Gasteiger partial charge in [0, 0.05) is 12.1 Å². The lowest BCUT2D eigenvalue weighted by Crippen LogP contribution is -2.56. The molecule has 1 saturated heterocycles. The normalized spacial score (nSPS) is 21.1. The van der Waals surface area contributed by atoms with Crippen molar-refractivity contribution in [2.45, 2.75) is 32.7 Å². The molecule has 5 nitrogen and oxygen atoms in total. The van der Waals surface area contributed by atoms with Crippen LogP contribution in [-0.2, 0) is 4.79 Å². The molecule has 2 N–H and O–H groups in total. The second kappa shape index (κ2) is 5.67.